The van der Waals surface area contributed by atoms with Gasteiger partial charge in [0.25, 0.3) is 0 Å². The molecule has 112 valence electrons. The van der Waals surface area contributed by atoms with E-state index in [0.717, 1.165) is 48.1 Å². The van der Waals surface area contributed by atoms with E-state index < -0.39 is 5.54 Å². The van der Waals surface area contributed by atoms with Gasteiger partial charge in [0.05, 0.1) is 10.2 Å². The van der Waals surface area contributed by atoms with E-state index in [-0.39, 0.29) is 11.8 Å². The highest BCUT2D eigenvalue weighted by Gasteiger charge is 2.46. The van der Waals surface area contributed by atoms with E-state index in [2.05, 4.69) is 33.3 Å². The van der Waals surface area contributed by atoms with Gasteiger partial charge in [0.15, 0.2) is 0 Å². The molecule has 0 radical (unpaired) electrons. The van der Waals surface area contributed by atoms with Gasteiger partial charge in [-0.05, 0) is 62.0 Å². The van der Waals surface area contributed by atoms with Crippen LogP contribution in [0.4, 0.5) is 0 Å². The fourth-order valence-electron chi connectivity index (χ4n) is 3.42. The van der Waals surface area contributed by atoms with Crippen molar-refractivity contribution in [2.75, 3.05) is 7.05 Å². The highest BCUT2D eigenvalue weighted by Crippen LogP contribution is 2.38. The molecule has 0 aromatic carbocycles. The van der Waals surface area contributed by atoms with E-state index in [4.69, 9.17) is 5.73 Å². The van der Waals surface area contributed by atoms with Crippen molar-refractivity contribution in [2.24, 2.45) is 11.7 Å². The Hall–Kier alpha value is -0.880. The van der Waals surface area contributed by atoms with Gasteiger partial charge in [-0.1, -0.05) is 6.42 Å². The second-order valence-corrected chi connectivity index (χ2v) is 6.46. The molecule has 0 bridgehead atoms. The lowest BCUT2D eigenvalue weighted by Gasteiger charge is -2.32. The molecule has 1 amide bonds. The van der Waals surface area contributed by atoms with Crippen LogP contribution in [0.1, 0.15) is 37.1 Å². The Bertz CT molecular complexity index is 514. The number of nitrogens with two attached hydrogens (primary N) is 1. The molecule has 2 atom stereocenters. The number of hydrogen-bond donors (Lipinski definition) is 2. The van der Waals surface area contributed by atoms with Crippen molar-refractivity contribution >= 4 is 21.8 Å². The predicted octanol–water partition coefficient (Wildman–Crippen LogP) is 1.90. The van der Waals surface area contributed by atoms with Crippen LogP contribution in [0.5, 0.6) is 0 Å². The largest absolute Gasteiger partial charge is 0.368 e. The van der Waals surface area contributed by atoms with Gasteiger partial charge in [-0.2, -0.15) is 5.10 Å². The molecule has 1 aliphatic carbocycles. The first-order chi connectivity index (χ1) is 9.42. The zero-order valence-corrected chi connectivity index (χ0v) is 14.0. The Morgan fingerprint density at radius 1 is 1.60 bits per heavy atom. The summed E-state index contributed by atoms with van der Waals surface area (Å²) in [7, 11) is 1.84. The summed E-state index contributed by atoms with van der Waals surface area (Å²) in [6.07, 6.45) is 3.85. The Balaban J connectivity index is 2.10. The predicted molar refractivity (Wildman–Crippen MR) is 82.3 cm³/mol. The topological polar surface area (TPSA) is 72.9 Å². The number of rotatable bonds is 5. The number of hydrogen-bond acceptors (Lipinski definition) is 3. The number of amides is 1. The molecule has 20 heavy (non-hydrogen) atoms. The van der Waals surface area contributed by atoms with Gasteiger partial charge in [-0.15, -0.1) is 0 Å². The van der Waals surface area contributed by atoms with Crippen molar-refractivity contribution < 1.29 is 4.79 Å². The maximum absolute atomic E-state index is 11.8. The molecule has 0 saturated heterocycles. The van der Waals surface area contributed by atoms with Crippen molar-refractivity contribution in [3.63, 3.8) is 0 Å². The van der Waals surface area contributed by atoms with Gasteiger partial charge in [-0.25, -0.2) is 0 Å². The summed E-state index contributed by atoms with van der Waals surface area (Å²) in [5, 5.41) is 7.70. The van der Waals surface area contributed by atoms with E-state index in [1.165, 1.54) is 0 Å². The highest BCUT2D eigenvalue weighted by molar-refractivity contribution is 9.10. The fourth-order valence-corrected chi connectivity index (χ4v) is 3.70. The molecule has 5 nitrogen and oxygen atoms in total. The van der Waals surface area contributed by atoms with Crippen LogP contribution < -0.4 is 11.1 Å². The number of halogens is 1. The van der Waals surface area contributed by atoms with Gasteiger partial charge >= 0.3 is 0 Å². The van der Waals surface area contributed by atoms with Gasteiger partial charge in [-0.3, -0.25) is 9.48 Å². The van der Waals surface area contributed by atoms with Crippen LogP contribution in [0.3, 0.4) is 0 Å². The normalized spacial score (nSPS) is 26.1. The summed E-state index contributed by atoms with van der Waals surface area (Å²) in [6, 6.07) is 0. The third kappa shape index (κ3) is 2.51. The number of likely N-dealkylation sites (N-methyl/N-ethyl adjacent to an activating group) is 1. The molecule has 1 heterocycles. The molecule has 3 N–H and O–H groups in total. The molecule has 0 spiro atoms. The molecular weight excluding hydrogens is 320 g/mol. The van der Waals surface area contributed by atoms with E-state index in [0.29, 0.717) is 0 Å². The van der Waals surface area contributed by atoms with E-state index >= 15 is 0 Å². The standard InChI is InChI=1S/C14H23BrN4O/c1-9-12(15)10(2)19(18-9)8-6-11-5-4-7-14(11,17-3)13(16)20/h11,17H,4-8H2,1-3H3,(H2,16,20). The van der Waals surface area contributed by atoms with Crippen LogP contribution in [-0.4, -0.2) is 28.3 Å². The molecule has 0 aliphatic heterocycles. The molecule has 1 aliphatic rings. The minimum Gasteiger partial charge on any atom is -0.368 e. The quantitative estimate of drug-likeness (QED) is 0.858. The van der Waals surface area contributed by atoms with Crippen LogP contribution in [0.15, 0.2) is 4.47 Å². The van der Waals surface area contributed by atoms with E-state index in [9.17, 15) is 4.79 Å². The number of primary amides is 1. The first kappa shape index (κ1) is 15.5. The minimum absolute atomic E-state index is 0.225. The molecule has 1 aromatic heterocycles. The molecule has 1 saturated carbocycles. The summed E-state index contributed by atoms with van der Waals surface area (Å²) in [5.74, 6) is 0.0599. The molecule has 1 fully saturated rings. The lowest BCUT2D eigenvalue weighted by molar-refractivity contribution is -0.125. The lowest BCUT2D eigenvalue weighted by atomic mass is 9.84. The van der Waals surface area contributed by atoms with Crippen molar-refractivity contribution in [2.45, 2.75) is 51.6 Å². The van der Waals surface area contributed by atoms with E-state index in [1.807, 2.05) is 18.7 Å². The SMILES string of the molecule is CNC1(C(N)=O)CCCC1CCn1nc(C)c(Br)c1C. The van der Waals surface area contributed by atoms with Crippen LogP contribution in [-0.2, 0) is 11.3 Å². The average Bonchev–Trinajstić information content (AvgIpc) is 2.94. The smallest absolute Gasteiger partial charge is 0.238 e. The Kier molecular flexibility index (Phi) is 4.54. The summed E-state index contributed by atoms with van der Waals surface area (Å²) in [5.41, 5.74) is 7.23. The molecule has 2 rings (SSSR count). The molecule has 6 heteroatoms. The number of nitrogens with one attached hydrogen (secondary N) is 1. The highest BCUT2D eigenvalue weighted by atomic mass is 79.9. The van der Waals surface area contributed by atoms with Crippen molar-refractivity contribution in [1.82, 2.24) is 15.1 Å². The third-order valence-corrected chi connectivity index (χ3v) is 5.84. The van der Waals surface area contributed by atoms with Gasteiger partial charge < -0.3 is 11.1 Å². The lowest BCUT2D eigenvalue weighted by Crippen LogP contribution is -2.56. The number of carbonyl (C=O) groups excluding carboxylic acids is 1. The number of aromatic nitrogens is 2. The van der Waals surface area contributed by atoms with Crippen LogP contribution in [0.2, 0.25) is 0 Å². The average molecular weight is 343 g/mol. The van der Waals surface area contributed by atoms with Crippen LogP contribution in [0, 0.1) is 19.8 Å². The van der Waals surface area contributed by atoms with Crippen molar-refractivity contribution in [3.8, 4) is 0 Å². The van der Waals surface area contributed by atoms with Crippen molar-refractivity contribution in [1.29, 1.82) is 0 Å². The zero-order chi connectivity index (χ0) is 14.9. The number of carbonyl (C=O) groups is 1. The maximum atomic E-state index is 11.8. The Morgan fingerprint density at radius 3 is 2.80 bits per heavy atom. The monoisotopic (exact) mass is 342 g/mol. The summed E-state index contributed by atoms with van der Waals surface area (Å²) in [6.45, 7) is 4.86. The second-order valence-electron chi connectivity index (χ2n) is 5.67. The van der Waals surface area contributed by atoms with Crippen LogP contribution >= 0.6 is 15.9 Å². The van der Waals surface area contributed by atoms with Crippen LogP contribution in [0.25, 0.3) is 0 Å². The molecule has 1 aromatic rings. The molecular formula is C14H23BrN4O. The Morgan fingerprint density at radius 2 is 2.30 bits per heavy atom. The van der Waals surface area contributed by atoms with Crippen molar-refractivity contribution in [3.05, 3.63) is 15.9 Å². The number of aryl methyl sites for hydroxylation is 2. The second kappa shape index (κ2) is 5.85. The van der Waals surface area contributed by atoms with Gasteiger partial charge in [0, 0.05) is 12.2 Å². The van der Waals surface area contributed by atoms with Gasteiger partial charge in [0.1, 0.15) is 5.54 Å². The first-order valence-electron chi connectivity index (χ1n) is 7.10. The maximum Gasteiger partial charge on any atom is 0.238 e. The summed E-state index contributed by atoms with van der Waals surface area (Å²) < 4.78 is 3.08. The minimum atomic E-state index is -0.534. The zero-order valence-electron chi connectivity index (χ0n) is 12.4. The first-order valence-corrected chi connectivity index (χ1v) is 7.90. The Labute approximate surface area is 128 Å². The molecule has 2 unspecified atom stereocenters. The van der Waals surface area contributed by atoms with Gasteiger partial charge in [0.2, 0.25) is 5.91 Å². The fraction of sp³-hybridized carbons (Fsp3) is 0.714. The third-order valence-electron chi connectivity index (χ3n) is 4.69. The summed E-state index contributed by atoms with van der Waals surface area (Å²) >= 11 is 3.54. The number of nitrogens with zero attached hydrogens (tertiary/aromatic N) is 2. The summed E-state index contributed by atoms with van der Waals surface area (Å²) in [4.78, 5) is 11.8. The van der Waals surface area contributed by atoms with E-state index in [1.54, 1.807) is 0 Å².